The summed E-state index contributed by atoms with van der Waals surface area (Å²) in [4.78, 5) is 6.54. The van der Waals surface area contributed by atoms with Crippen LogP contribution in [0.1, 0.15) is 12.8 Å². The van der Waals surface area contributed by atoms with Crippen molar-refractivity contribution in [3.63, 3.8) is 0 Å². The summed E-state index contributed by atoms with van der Waals surface area (Å²) in [6.07, 6.45) is 5.67. The lowest BCUT2D eigenvalue weighted by Gasteiger charge is -2.30. The van der Waals surface area contributed by atoms with Gasteiger partial charge >= 0.3 is 0 Å². The molecule has 0 aliphatic carbocycles. The quantitative estimate of drug-likeness (QED) is 0.763. The number of hydrogen-bond acceptors (Lipinski definition) is 6. The number of pyridine rings is 1. The highest BCUT2D eigenvalue weighted by molar-refractivity contribution is 5.99. The van der Waals surface area contributed by atoms with Crippen LogP contribution in [0.25, 0.3) is 22.0 Å². The molecule has 0 bridgehead atoms. The number of nitrogens with zero attached hydrogens (tertiary/aromatic N) is 4. The van der Waals surface area contributed by atoms with Gasteiger partial charge in [0.25, 0.3) is 0 Å². The number of nitrogens with one attached hydrogen (secondary N) is 1. The number of aromatic nitrogens is 3. The molecule has 0 spiro atoms. The molecule has 1 fully saturated rings. The molecule has 7 heteroatoms. The highest BCUT2D eigenvalue weighted by Gasteiger charge is 2.20. The van der Waals surface area contributed by atoms with Crippen molar-refractivity contribution in [3.05, 3.63) is 42.5 Å². The van der Waals surface area contributed by atoms with Crippen molar-refractivity contribution in [1.29, 1.82) is 0 Å². The molecule has 0 unspecified atom stereocenters. The van der Waals surface area contributed by atoms with Gasteiger partial charge in [-0.25, -0.2) is 4.39 Å². The normalized spacial score (nSPS) is 17.8. The van der Waals surface area contributed by atoms with E-state index in [-0.39, 0.29) is 0 Å². The van der Waals surface area contributed by atoms with Crippen molar-refractivity contribution >= 4 is 16.6 Å². The van der Waals surface area contributed by atoms with Gasteiger partial charge in [0.1, 0.15) is 17.3 Å². The Bertz CT molecular complexity index is 964. The van der Waals surface area contributed by atoms with Crippen molar-refractivity contribution in [2.24, 2.45) is 0 Å². The molecule has 3 heterocycles. The third-order valence-electron chi connectivity index (χ3n) is 4.98. The molecule has 3 aromatic rings. The maximum atomic E-state index is 14.6. The summed E-state index contributed by atoms with van der Waals surface area (Å²) in [6.45, 7) is 2.07. The SMILES string of the molecule is COc1ccc(-c2nnc(N[C@@H]3CCCN(C)C3)c3cnccc23)c(F)c1. The van der Waals surface area contributed by atoms with Gasteiger partial charge in [0.15, 0.2) is 5.82 Å². The lowest BCUT2D eigenvalue weighted by atomic mass is 10.0. The zero-order chi connectivity index (χ0) is 18.8. The van der Waals surface area contributed by atoms with Crippen molar-refractivity contribution < 1.29 is 9.13 Å². The maximum Gasteiger partial charge on any atom is 0.158 e. The number of likely N-dealkylation sites (N-methyl/N-ethyl adjacent to an activating group) is 1. The van der Waals surface area contributed by atoms with Crippen LogP contribution in [0, 0.1) is 5.82 Å². The Morgan fingerprint density at radius 1 is 1.22 bits per heavy atom. The lowest BCUT2D eigenvalue weighted by molar-refractivity contribution is 0.261. The maximum absolute atomic E-state index is 14.6. The molecule has 1 N–H and O–H groups in total. The zero-order valence-electron chi connectivity index (χ0n) is 15.4. The minimum atomic E-state index is -0.392. The second kappa shape index (κ2) is 7.44. The Hall–Kier alpha value is -2.80. The molecule has 0 amide bonds. The Balaban J connectivity index is 1.74. The van der Waals surface area contributed by atoms with Crippen LogP contribution in [-0.2, 0) is 0 Å². The summed E-state index contributed by atoms with van der Waals surface area (Å²) >= 11 is 0. The number of methoxy groups -OCH3 is 1. The standard InChI is InChI=1S/C20H22FN5O/c1-26-9-3-4-13(12-26)23-20-17-11-22-8-7-15(17)19(24-25-20)16-6-5-14(27-2)10-18(16)21/h5-8,10-11,13H,3-4,9,12H2,1-2H3,(H,23,25)/t13-/m1/s1. The van der Waals surface area contributed by atoms with Gasteiger partial charge in [0, 0.05) is 47.4 Å². The Labute approximate surface area is 157 Å². The first-order valence-corrected chi connectivity index (χ1v) is 9.05. The minimum absolute atomic E-state index is 0.310. The van der Waals surface area contributed by atoms with Gasteiger partial charge in [0.2, 0.25) is 0 Å². The highest BCUT2D eigenvalue weighted by atomic mass is 19.1. The molecule has 1 atom stereocenters. The molecule has 27 heavy (non-hydrogen) atoms. The predicted octanol–water partition coefficient (Wildman–Crippen LogP) is 3.35. The van der Waals surface area contributed by atoms with Gasteiger partial charge in [-0.1, -0.05) is 0 Å². The third kappa shape index (κ3) is 3.55. The van der Waals surface area contributed by atoms with Crippen LogP contribution in [0.15, 0.2) is 36.7 Å². The highest BCUT2D eigenvalue weighted by Crippen LogP contribution is 2.32. The van der Waals surface area contributed by atoms with E-state index in [1.807, 2.05) is 6.07 Å². The number of halogens is 1. The van der Waals surface area contributed by atoms with E-state index in [0.717, 1.165) is 36.7 Å². The van der Waals surface area contributed by atoms with E-state index in [1.165, 1.54) is 13.2 Å². The molecular formula is C20H22FN5O. The smallest absolute Gasteiger partial charge is 0.158 e. The number of anilines is 1. The fraction of sp³-hybridized carbons (Fsp3) is 0.350. The molecule has 2 aromatic heterocycles. The van der Waals surface area contributed by atoms with E-state index in [1.54, 1.807) is 24.5 Å². The molecule has 1 saturated heterocycles. The number of benzene rings is 1. The van der Waals surface area contributed by atoms with Crippen LogP contribution in [-0.4, -0.2) is 53.4 Å². The average Bonchev–Trinajstić information content (AvgIpc) is 2.68. The molecule has 1 aliphatic heterocycles. The fourth-order valence-electron chi connectivity index (χ4n) is 3.60. The first-order valence-electron chi connectivity index (χ1n) is 9.05. The van der Waals surface area contributed by atoms with Gasteiger partial charge in [-0.15, -0.1) is 10.2 Å². The number of rotatable bonds is 4. The fourth-order valence-corrected chi connectivity index (χ4v) is 3.60. The Morgan fingerprint density at radius 2 is 2.11 bits per heavy atom. The Kier molecular flexibility index (Phi) is 4.85. The van der Waals surface area contributed by atoms with Crippen molar-refractivity contribution in [1.82, 2.24) is 20.1 Å². The molecule has 0 saturated carbocycles. The van der Waals surface area contributed by atoms with E-state index in [0.29, 0.717) is 28.9 Å². The third-order valence-corrected chi connectivity index (χ3v) is 4.98. The molecule has 1 aliphatic rings. The van der Waals surface area contributed by atoms with Crippen LogP contribution < -0.4 is 10.1 Å². The molecule has 6 nitrogen and oxygen atoms in total. The van der Waals surface area contributed by atoms with Crippen LogP contribution >= 0.6 is 0 Å². The summed E-state index contributed by atoms with van der Waals surface area (Å²) in [7, 11) is 3.63. The molecule has 0 radical (unpaired) electrons. The van der Waals surface area contributed by atoms with Crippen molar-refractivity contribution in [2.75, 3.05) is 32.6 Å². The van der Waals surface area contributed by atoms with Gasteiger partial charge < -0.3 is 15.0 Å². The van der Waals surface area contributed by atoms with Gasteiger partial charge in [-0.2, -0.15) is 0 Å². The minimum Gasteiger partial charge on any atom is -0.497 e. The summed E-state index contributed by atoms with van der Waals surface area (Å²) < 4.78 is 19.7. The largest absolute Gasteiger partial charge is 0.497 e. The van der Waals surface area contributed by atoms with Gasteiger partial charge in [-0.05, 0) is 44.6 Å². The number of piperidine rings is 1. The summed E-state index contributed by atoms with van der Waals surface area (Å²) in [5, 5.41) is 13.9. The molecule has 140 valence electrons. The van der Waals surface area contributed by atoms with Gasteiger partial charge in [0.05, 0.1) is 7.11 Å². The van der Waals surface area contributed by atoms with E-state index in [2.05, 4.69) is 32.4 Å². The summed E-state index contributed by atoms with van der Waals surface area (Å²) in [5.74, 6) is 0.766. The summed E-state index contributed by atoms with van der Waals surface area (Å²) in [5.41, 5.74) is 0.891. The monoisotopic (exact) mass is 367 g/mol. The number of ether oxygens (including phenoxy) is 1. The first-order chi connectivity index (χ1) is 13.2. The van der Waals surface area contributed by atoms with Crippen molar-refractivity contribution in [2.45, 2.75) is 18.9 Å². The predicted molar refractivity (Wildman–Crippen MR) is 103 cm³/mol. The van der Waals surface area contributed by atoms with E-state index >= 15 is 0 Å². The van der Waals surface area contributed by atoms with E-state index in [4.69, 9.17) is 4.74 Å². The van der Waals surface area contributed by atoms with E-state index < -0.39 is 5.82 Å². The number of hydrogen-bond donors (Lipinski definition) is 1. The molecule has 1 aromatic carbocycles. The Morgan fingerprint density at radius 3 is 2.89 bits per heavy atom. The number of likely N-dealkylation sites (tertiary alicyclic amines) is 1. The molecule has 4 rings (SSSR count). The van der Waals surface area contributed by atoms with Crippen LogP contribution in [0.5, 0.6) is 5.75 Å². The van der Waals surface area contributed by atoms with E-state index in [9.17, 15) is 4.39 Å². The second-order valence-corrected chi connectivity index (χ2v) is 6.91. The van der Waals surface area contributed by atoms with Crippen LogP contribution in [0.4, 0.5) is 10.2 Å². The first kappa shape index (κ1) is 17.6. The zero-order valence-corrected chi connectivity index (χ0v) is 15.4. The number of fused-ring (bicyclic) bond motifs is 1. The van der Waals surface area contributed by atoms with Crippen LogP contribution in [0.2, 0.25) is 0 Å². The van der Waals surface area contributed by atoms with Crippen molar-refractivity contribution in [3.8, 4) is 17.0 Å². The average molecular weight is 367 g/mol. The summed E-state index contributed by atoms with van der Waals surface area (Å²) in [6, 6.07) is 6.90. The van der Waals surface area contributed by atoms with Gasteiger partial charge in [-0.3, -0.25) is 4.98 Å². The topological polar surface area (TPSA) is 63.2 Å². The lowest BCUT2D eigenvalue weighted by Crippen LogP contribution is -2.40. The molecular weight excluding hydrogens is 345 g/mol. The van der Waals surface area contributed by atoms with Crippen LogP contribution in [0.3, 0.4) is 0 Å². The second-order valence-electron chi connectivity index (χ2n) is 6.91.